The van der Waals surface area contributed by atoms with Crippen molar-refractivity contribution in [1.82, 2.24) is 0 Å². The summed E-state index contributed by atoms with van der Waals surface area (Å²) in [5.74, 6) is 0.136. The minimum atomic E-state index is -2.66. The van der Waals surface area contributed by atoms with E-state index in [1.807, 2.05) is 57.2 Å². The van der Waals surface area contributed by atoms with Crippen LogP contribution in [0.2, 0.25) is 6.04 Å². The SMILES string of the molecule is CCO[Si](CC(C)C(N)=Cc1ccccc1)(OCC)OCC. The quantitative estimate of drug-likeness (QED) is 0.668. The molecular weight excluding hydrogens is 294 g/mol. The third kappa shape index (κ3) is 5.92. The van der Waals surface area contributed by atoms with Crippen molar-refractivity contribution in [2.24, 2.45) is 11.7 Å². The van der Waals surface area contributed by atoms with E-state index >= 15 is 0 Å². The second-order valence-electron chi connectivity index (χ2n) is 5.14. The number of hydrogen-bond acceptors (Lipinski definition) is 4. The molecule has 5 heteroatoms. The molecule has 0 saturated carbocycles. The van der Waals surface area contributed by atoms with E-state index in [9.17, 15) is 0 Å². The molecule has 0 bridgehead atoms. The Balaban J connectivity index is 2.84. The van der Waals surface area contributed by atoms with Crippen molar-refractivity contribution in [3.63, 3.8) is 0 Å². The second-order valence-corrected chi connectivity index (χ2v) is 7.78. The van der Waals surface area contributed by atoms with Gasteiger partial charge in [0.25, 0.3) is 0 Å². The molecule has 0 fully saturated rings. The van der Waals surface area contributed by atoms with Crippen LogP contribution in [0.3, 0.4) is 0 Å². The summed E-state index contributed by atoms with van der Waals surface area (Å²) in [6.07, 6.45) is 2.01. The first-order valence-corrected chi connectivity index (χ1v) is 9.94. The van der Waals surface area contributed by atoms with E-state index < -0.39 is 8.80 Å². The van der Waals surface area contributed by atoms with Crippen molar-refractivity contribution >= 4 is 14.9 Å². The van der Waals surface area contributed by atoms with Gasteiger partial charge in [-0.2, -0.15) is 0 Å². The first kappa shape index (κ1) is 18.9. The van der Waals surface area contributed by atoms with Gasteiger partial charge in [-0.05, 0) is 32.4 Å². The predicted molar refractivity (Wildman–Crippen MR) is 93.2 cm³/mol. The maximum atomic E-state index is 6.26. The van der Waals surface area contributed by atoms with Crippen LogP contribution < -0.4 is 5.73 Å². The molecule has 124 valence electrons. The molecule has 0 aliphatic carbocycles. The normalized spacial score (nSPS) is 14.1. The molecule has 22 heavy (non-hydrogen) atoms. The molecule has 0 spiro atoms. The van der Waals surface area contributed by atoms with E-state index in [4.69, 9.17) is 19.0 Å². The Hall–Kier alpha value is -1.14. The van der Waals surface area contributed by atoms with E-state index in [0.717, 1.165) is 11.3 Å². The summed E-state index contributed by atoms with van der Waals surface area (Å²) >= 11 is 0. The summed E-state index contributed by atoms with van der Waals surface area (Å²) in [5, 5.41) is 0. The van der Waals surface area contributed by atoms with Crippen molar-refractivity contribution in [3.05, 3.63) is 41.6 Å². The first-order chi connectivity index (χ1) is 10.6. The van der Waals surface area contributed by atoms with Gasteiger partial charge in [0.2, 0.25) is 0 Å². The molecule has 0 aromatic heterocycles. The third-order valence-electron chi connectivity index (χ3n) is 3.35. The molecule has 0 saturated heterocycles. The lowest BCUT2D eigenvalue weighted by Gasteiger charge is -2.30. The van der Waals surface area contributed by atoms with Crippen LogP contribution in [0.5, 0.6) is 0 Å². The smallest absolute Gasteiger partial charge is 0.402 e. The van der Waals surface area contributed by atoms with Crippen LogP contribution >= 0.6 is 0 Å². The van der Waals surface area contributed by atoms with E-state index in [-0.39, 0.29) is 5.92 Å². The van der Waals surface area contributed by atoms with Crippen LogP contribution in [-0.4, -0.2) is 28.6 Å². The van der Waals surface area contributed by atoms with Gasteiger partial charge < -0.3 is 19.0 Å². The fraction of sp³-hybridized carbons (Fsp3) is 0.529. The Morgan fingerprint density at radius 2 is 1.55 bits per heavy atom. The van der Waals surface area contributed by atoms with Crippen molar-refractivity contribution in [3.8, 4) is 0 Å². The molecular formula is C17H29NO3Si. The summed E-state index contributed by atoms with van der Waals surface area (Å²) in [4.78, 5) is 0. The average Bonchev–Trinajstić information content (AvgIpc) is 2.49. The van der Waals surface area contributed by atoms with E-state index in [1.165, 1.54) is 0 Å². The maximum Gasteiger partial charge on any atom is 0.501 e. The summed E-state index contributed by atoms with van der Waals surface area (Å²) in [7, 11) is -2.66. The van der Waals surface area contributed by atoms with Crippen LogP contribution in [0.15, 0.2) is 36.0 Å². The molecule has 1 atom stereocenters. The van der Waals surface area contributed by atoms with E-state index in [2.05, 4.69) is 6.92 Å². The van der Waals surface area contributed by atoms with Crippen LogP contribution in [0.1, 0.15) is 33.3 Å². The first-order valence-electron chi connectivity index (χ1n) is 8.00. The van der Waals surface area contributed by atoms with Crippen molar-refractivity contribution in [1.29, 1.82) is 0 Å². The summed E-state index contributed by atoms with van der Waals surface area (Å²) in [6.45, 7) is 9.74. The molecule has 1 aromatic rings. The molecule has 1 aromatic carbocycles. The summed E-state index contributed by atoms with van der Waals surface area (Å²) in [5.41, 5.74) is 8.18. The minimum absolute atomic E-state index is 0.136. The molecule has 0 aliphatic rings. The van der Waals surface area contributed by atoms with Gasteiger partial charge >= 0.3 is 8.80 Å². The highest BCUT2D eigenvalue weighted by atomic mass is 28.4. The lowest BCUT2D eigenvalue weighted by Crippen LogP contribution is -2.47. The van der Waals surface area contributed by atoms with Gasteiger partial charge in [0.05, 0.1) is 0 Å². The highest BCUT2D eigenvalue weighted by Gasteiger charge is 2.42. The van der Waals surface area contributed by atoms with Crippen LogP contribution in [0.4, 0.5) is 0 Å². The van der Waals surface area contributed by atoms with Gasteiger partial charge in [-0.1, -0.05) is 37.3 Å². The molecule has 4 nitrogen and oxygen atoms in total. The average molecular weight is 324 g/mol. The van der Waals surface area contributed by atoms with Gasteiger partial charge in [0.15, 0.2) is 0 Å². The lowest BCUT2D eigenvalue weighted by atomic mass is 10.1. The predicted octanol–water partition coefficient (Wildman–Crippen LogP) is 3.67. The van der Waals surface area contributed by atoms with Crippen molar-refractivity contribution in [2.45, 2.75) is 33.7 Å². The van der Waals surface area contributed by atoms with Gasteiger partial charge in [-0.3, -0.25) is 0 Å². The molecule has 2 N–H and O–H groups in total. The van der Waals surface area contributed by atoms with Crippen LogP contribution in [-0.2, 0) is 13.3 Å². The van der Waals surface area contributed by atoms with Crippen molar-refractivity contribution < 1.29 is 13.3 Å². The zero-order chi connectivity index (χ0) is 16.4. The molecule has 0 amide bonds. The monoisotopic (exact) mass is 323 g/mol. The Kier molecular flexibility index (Phi) is 8.41. The number of rotatable bonds is 10. The number of nitrogens with two attached hydrogens (primary N) is 1. The molecule has 0 heterocycles. The lowest BCUT2D eigenvalue weighted by molar-refractivity contribution is 0.0687. The number of hydrogen-bond donors (Lipinski definition) is 1. The summed E-state index contributed by atoms with van der Waals surface area (Å²) < 4.78 is 17.7. The Morgan fingerprint density at radius 3 is 2.00 bits per heavy atom. The van der Waals surface area contributed by atoms with E-state index in [1.54, 1.807) is 0 Å². The standard InChI is InChI=1S/C17H29NO3Si/c1-5-19-22(20-6-2,21-7-3)14-15(4)17(18)13-16-11-9-8-10-12-16/h8-13,15H,5-7,14,18H2,1-4H3. The molecule has 1 unspecified atom stereocenters. The van der Waals surface area contributed by atoms with Gasteiger partial charge in [-0.15, -0.1) is 0 Å². The topological polar surface area (TPSA) is 53.7 Å². The molecule has 0 aliphatic heterocycles. The minimum Gasteiger partial charge on any atom is -0.402 e. The number of benzene rings is 1. The number of allylic oxidation sites excluding steroid dienone is 1. The van der Waals surface area contributed by atoms with Gasteiger partial charge in [-0.25, -0.2) is 0 Å². The fourth-order valence-corrected chi connectivity index (χ4v) is 5.25. The second kappa shape index (κ2) is 9.79. The van der Waals surface area contributed by atoms with E-state index in [0.29, 0.717) is 25.9 Å². The zero-order valence-electron chi connectivity index (χ0n) is 14.2. The largest absolute Gasteiger partial charge is 0.501 e. The Morgan fingerprint density at radius 1 is 1.05 bits per heavy atom. The Bertz CT molecular complexity index is 433. The van der Waals surface area contributed by atoms with Crippen molar-refractivity contribution in [2.75, 3.05) is 19.8 Å². The molecule has 1 rings (SSSR count). The van der Waals surface area contributed by atoms with Crippen LogP contribution in [0, 0.1) is 5.92 Å². The van der Waals surface area contributed by atoms with Gasteiger partial charge in [0.1, 0.15) is 0 Å². The Labute approximate surface area is 135 Å². The van der Waals surface area contributed by atoms with Crippen LogP contribution in [0.25, 0.3) is 6.08 Å². The highest BCUT2D eigenvalue weighted by Crippen LogP contribution is 2.25. The zero-order valence-corrected chi connectivity index (χ0v) is 15.2. The van der Waals surface area contributed by atoms with Gasteiger partial charge in [0, 0.05) is 37.5 Å². The fourth-order valence-electron chi connectivity index (χ4n) is 2.34. The highest BCUT2D eigenvalue weighted by molar-refractivity contribution is 6.60. The molecule has 0 radical (unpaired) electrons. The summed E-state index contributed by atoms with van der Waals surface area (Å²) in [6, 6.07) is 10.8. The maximum absolute atomic E-state index is 6.26. The third-order valence-corrected chi connectivity index (χ3v) is 6.65.